The fourth-order valence-electron chi connectivity index (χ4n) is 1.91. The van der Waals surface area contributed by atoms with Crippen LogP contribution in [0.25, 0.3) is 0 Å². The van der Waals surface area contributed by atoms with E-state index in [0.29, 0.717) is 17.2 Å². The molecule has 90 valence electrons. The van der Waals surface area contributed by atoms with Crippen LogP contribution in [0.5, 0.6) is 0 Å². The fraction of sp³-hybridized carbons (Fsp3) is 0.429. The van der Waals surface area contributed by atoms with Gasteiger partial charge in [0, 0.05) is 18.2 Å². The number of carbonyl (C=O) groups is 1. The minimum Gasteiger partial charge on any atom is -0.368 e. The van der Waals surface area contributed by atoms with Crippen molar-refractivity contribution in [1.82, 2.24) is 0 Å². The molecule has 0 fully saturated rings. The van der Waals surface area contributed by atoms with Crippen LogP contribution < -0.4 is 4.90 Å². The Balaban J connectivity index is 3.20. The second-order valence-electron chi connectivity index (χ2n) is 4.05. The van der Waals surface area contributed by atoms with Crippen LogP contribution in [0.2, 0.25) is 0 Å². The minimum absolute atomic E-state index is 0.384. The minimum atomic E-state index is 0.384. The molecule has 0 saturated carbocycles. The summed E-state index contributed by atoms with van der Waals surface area (Å²) in [6.45, 7) is 7.18. The van der Waals surface area contributed by atoms with Gasteiger partial charge in [-0.15, -0.1) is 0 Å². The van der Waals surface area contributed by atoms with Gasteiger partial charge in [-0.25, -0.2) is 0 Å². The van der Waals surface area contributed by atoms with E-state index in [-0.39, 0.29) is 0 Å². The number of carbonyl (C=O) groups excluding carboxylic acids is 1. The van der Waals surface area contributed by atoms with E-state index in [2.05, 4.69) is 31.7 Å². The maximum atomic E-state index is 10.7. The van der Waals surface area contributed by atoms with E-state index in [9.17, 15) is 4.79 Å². The Bertz CT molecular complexity index is 434. The summed E-state index contributed by atoms with van der Waals surface area (Å²) in [6, 6.07) is 7.81. The summed E-state index contributed by atoms with van der Waals surface area (Å²) in [4.78, 5) is 12.9. The van der Waals surface area contributed by atoms with Crippen molar-refractivity contribution in [3.63, 3.8) is 0 Å². The van der Waals surface area contributed by atoms with Gasteiger partial charge in [-0.2, -0.15) is 5.26 Å². The van der Waals surface area contributed by atoms with Gasteiger partial charge in [-0.05, 0) is 38.5 Å². The van der Waals surface area contributed by atoms with E-state index >= 15 is 0 Å². The summed E-state index contributed by atoms with van der Waals surface area (Å²) in [6.07, 6.45) is 1.79. The van der Waals surface area contributed by atoms with Gasteiger partial charge in [0.2, 0.25) is 0 Å². The molecule has 1 rings (SSSR count). The Kier molecular flexibility index (Phi) is 4.71. The van der Waals surface area contributed by atoms with Gasteiger partial charge in [-0.3, -0.25) is 4.79 Å². The number of anilines is 1. The summed E-state index contributed by atoms with van der Waals surface area (Å²) in [5.74, 6) is 0. The van der Waals surface area contributed by atoms with Gasteiger partial charge in [0.1, 0.15) is 12.4 Å². The number of aldehydes is 1. The molecule has 0 heterocycles. The van der Waals surface area contributed by atoms with Crippen LogP contribution >= 0.6 is 0 Å². The number of rotatable bonds is 5. The number of benzene rings is 1. The highest BCUT2D eigenvalue weighted by Crippen LogP contribution is 2.23. The Morgan fingerprint density at radius 3 is 2.65 bits per heavy atom. The average molecular weight is 230 g/mol. The molecule has 0 N–H and O–H groups in total. The van der Waals surface area contributed by atoms with Crippen molar-refractivity contribution in [2.75, 3.05) is 11.4 Å². The molecule has 0 aliphatic heterocycles. The highest BCUT2D eigenvalue weighted by molar-refractivity contribution is 5.78. The maximum Gasteiger partial charge on any atom is 0.150 e. The van der Waals surface area contributed by atoms with Gasteiger partial charge in [0.25, 0.3) is 0 Å². The van der Waals surface area contributed by atoms with Crippen LogP contribution in [0.4, 0.5) is 5.69 Å². The SMILES string of the molecule is CCC(C)N(CC)c1ccc(C=O)cc1C#N. The van der Waals surface area contributed by atoms with Crippen molar-refractivity contribution in [3.8, 4) is 6.07 Å². The first-order valence-electron chi connectivity index (χ1n) is 5.93. The van der Waals surface area contributed by atoms with E-state index in [1.54, 1.807) is 12.1 Å². The molecular weight excluding hydrogens is 212 g/mol. The van der Waals surface area contributed by atoms with Crippen LogP contribution in [0, 0.1) is 11.3 Å². The molecule has 0 aliphatic carbocycles. The highest BCUT2D eigenvalue weighted by Gasteiger charge is 2.14. The zero-order valence-corrected chi connectivity index (χ0v) is 10.6. The first kappa shape index (κ1) is 13.2. The fourth-order valence-corrected chi connectivity index (χ4v) is 1.91. The van der Waals surface area contributed by atoms with Gasteiger partial charge < -0.3 is 4.90 Å². The molecule has 1 atom stereocenters. The smallest absolute Gasteiger partial charge is 0.150 e. The third kappa shape index (κ3) is 2.85. The van der Waals surface area contributed by atoms with E-state index in [1.165, 1.54) is 0 Å². The molecule has 1 aromatic carbocycles. The van der Waals surface area contributed by atoms with Crippen molar-refractivity contribution in [2.24, 2.45) is 0 Å². The third-order valence-electron chi connectivity index (χ3n) is 3.05. The van der Waals surface area contributed by atoms with Crippen LogP contribution in [0.3, 0.4) is 0 Å². The predicted molar refractivity (Wildman–Crippen MR) is 69.3 cm³/mol. The molecule has 1 unspecified atom stereocenters. The van der Waals surface area contributed by atoms with Crippen molar-refractivity contribution >= 4 is 12.0 Å². The first-order chi connectivity index (χ1) is 8.17. The molecule has 3 nitrogen and oxygen atoms in total. The molecular formula is C14H18N2O. The van der Waals surface area contributed by atoms with Crippen LogP contribution in [-0.2, 0) is 0 Å². The lowest BCUT2D eigenvalue weighted by atomic mass is 10.1. The third-order valence-corrected chi connectivity index (χ3v) is 3.05. The Hall–Kier alpha value is -1.82. The predicted octanol–water partition coefficient (Wildman–Crippen LogP) is 3.00. The summed E-state index contributed by atoms with van der Waals surface area (Å²) in [7, 11) is 0. The van der Waals surface area contributed by atoms with E-state index in [1.807, 2.05) is 6.07 Å². The quantitative estimate of drug-likeness (QED) is 0.730. The van der Waals surface area contributed by atoms with E-state index in [4.69, 9.17) is 5.26 Å². The molecule has 0 spiro atoms. The topological polar surface area (TPSA) is 44.1 Å². The molecule has 0 radical (unpaired) electrons. The normalized spacial score (nSPS) is 11.6. The number of hydrogen-bond acceptors (Lipinski definition) is 3. The molecule has 0 amide bonds. The summed E-state index contributed by atoms with van der Waals surface area (Å²) >= 11 is 0. The van der Waals surface area contributed by atoms with Gasteiger partial charge in [0.05, 0.1) is 11.3 Å². The Morgan fingerprint density at radius 1 is 1.47 bits per heavy atom. The van der Waals surface area contributed by atoms with Gasteiger partial charge in [0.15, 0.2) is 0 Å². The molecule has 0 aromatic heterocycles. The number of nitriles is 1. The van der Waals surface area contributed by atoms with Gasteiger partial charge in [-0.1, -0.05) is 6.92 Å². The summed E-state index contributed by atoms with van der Waals surface area (Å²) in [5.41, 5.74) is 2.03. The lowest BCUT2D eigenvalue weighted by molar-refractivity contribution is 0.112. The zero-order valence-electron chi connectivity index (χ0n) is 10.6. The molecule has 0 saturated heterocycles. The Labute approximate surface area is 103 Å². The largest absolute Gasteiger partial charge is 0.368 e. The summed E-state index contributed by atoms with van der Waals surface area (Å²) < 4.78 is 0. The molecule has 1 aromatic rings. The van der Waals surface area contributed by atoms with Crippen molar-refractivity contribution in [3.05, 3.63) is 29.3 Å². The molecule has 17 heavy (non-hydrogen) atoms. The van der Waals surface area contributed by atoms with Crippen LogP contribution in [0.15, 0.2) is 18.2 Å². The number of hydrogen-bond donors (Lipinski definition) is 0. The Morgan fingerprint density at radius 2 is 2.18 bits per heavy atom. The lowest BCUT2D eigenvalue weighted by Crippen LogP contribution is -2.32. The second kappa shape index (κ2) is 6.05. The van der Waals surface area contributed by atoms with Crippen molar-refractivity contribution in [2.45, 2.75) is 33.2 Å². The van der Waals surface area contributed by atoms with Gasteiger partial charge >= 0.3 is 0 Å². The van der Waals surface area contributed by atoms with Crippen molar-refractivity contribution < 1.29 is 4.79 Å². The van der Waals surface area contributed by atoms with Crippen LogP contribution in [-0.4, -0.2) is 18.9 Å². The molecule has 3 heteroatoms. The zero-order chi connectivity index (χ0) is 12.8. The van der Waals surface area contributed by atoms with E-state index < -0.39 is 0 Å². The standard InChI is InChI=1S/C14H18N2O/c1-4-11(3)16(5-2)14-7-6-12(10-17)8-13(14)9-15/h6-8,10-11H,4-5H2,1-3H3. The highest BCUT2D eigenvalue weighted by atomic mass is 16.1. The number of nitrogens with zero attached hydrogens (tertiary/aromatic N) is 2. The first-order valence-corrected chi connectivity index (χ1v) is 5.93. The lowest BCUT2D eigenvalue weighted by Gasteiger charge is -2.30. The monoisotopic (exact) mass is 230 g/mol. The van der Waals surface area contributed by atoms with Crippen molar-refractivity contribution in [1.29, 1.82) is 5.26 Å². The van der Waals surface area contributed by atoms with Crippen LogP contribution in [0.1, 0.15) is 43.1 Å². The maximum absolute atomic E-state index is 10.7. The van der Waals surface area contributed by atoms with E-state index in [0.717, 1.165) is 24.9 Å². The second-order valence-corrected chi connectivity index (χ2v) is 4.05. The molecule has 0 aliphatic rings. The molecule has 0 bridgehead atoms. The summed E-state index contributed by atoms with van der Waals surface area (Å²) in [5, 5.41) is 9.14. The average Bonchev–Trinajstić information content (AvgIpc) is 2.39.